The fourth-order valence-electron chi connectivity index (χ4n) is 1.84. The Kier molecular flexibility index (Phi) is 4.48. The van der Waals surface area contributed by atoms with Crippen molar-refractivity contribution in [2.45, 2.75) is 50.7 Å². The van der Waals surface area contributed by atoms with Gasteiger partial charge in [0.15, 0.2) is 0 Å². The van der Waals surface area contributed by atoms with Crippen molar-refractivity contribution in [3.05, 3.63) is 0 Å². The number of ether oxygens (including phenoxy) is 2. The van der Waals surface area contributed by atoms with Gasteiger partial charge in [-0.2, -0.15) is 0 Å². The summed E-state index contributed by atoms with van der Waals surface area (Å²) in [6, 6.07) is -0.151. The molecule has 0 aliphatic heterocycles. The summed E-state index contributed by atoms with van der Waals surface area (Å²) < 4.78 is 10.7. The van der Waals surface area contributed by atoms with Crippen LogP contribution < -0.4 is 10.8 Å². The molecule has 0 unspecified atom stereocenters. The third-order valence-corrected chi connectivity index (χ3v) is 2.39. The van der Waals surface area contributed by atoms with Crippen molar-refractivity contribution in [3.8, 4) is 0 Å². The molecule has 1 rings (SSSR count). The summed E-state index contributed by atoms with van der Waals surface area (Å²) in [5.41, 5.74) is 5.84. The number of rotatable bonds is 5. The predicted molar refractivity (Wildman–Crippen MR) is 53.0 cm³/mol. The predicted octanol–water partition coefficient (Wildman–Crippen LogP) is -1.03. The van der Waals surface area contributed by atoms with E-state index in [1.165, 1.54) is 13.8 Å². The van der Waals surface area contributed by atoms with Crippen molar-refractivity contribution in [1.82, 2.24) is 0 Å². The smallest absolute Gasteiger partial charge is 0.0740 e. The molecule has 0 aromatic carbocycles. The maximum absolute atomic E-state index is 11.4. The number of nitrogens with two attached hydrogens (primary N) is 1. The van der Waals surface area contributed by atoms with Crippen LogP contribution in [0.15, 0.2) is 0 Å². The lowest BCUT2D eigenvalue weighted by Gasteiger charge is -2.36. The standard InChI is InChI=1S/C10H20NO4/c1-10(2,13)15-9-6-7(5-8(9)11)14-4-3-12/h7-9,12H,3-6,11H2,1-2H3/q-1/t7-,8+,9+/m0/s1. The first kappa shape index (κ1) is 12.9. The highest BCUT2D eigenvalue weighted by Gasteiger charge is 2.34. The molecule has 0 aromatic rings. The summed E-state index contributed by atoms with van der Waals surface area (Å²) >= 11 is 0. The minimum atomic E-state index is -1.41. The van der Waals surface area contributed by atoms with Crippen molar-refractivity contribution in [3.63, 3.8) is 0 Å². The zero-order chi connectivity index (χ0) is 11.5. The first-order valence-electron chi connectivity index (χ1n) is 5.28. The van der Waals surface area contributed by atoms with Gasteiger partial charge in [0.1, 0.15) is 0 Å². The second-order valence-corrected chi connectivity index (χ2v) is 4.41. The van der Waals surface area contributed by atoms with Gasteiger partial charge in [0.05, 0.1) is 25.4 Å². The van der Waals surface area contributed by atoms with Crippen LogP contribution in [0.3, 0.4) is 0 Å². The maximum atomic E-state index is 11.4. The van der Waals surface area contributed by atoms with E-state index in [1.807, 2.05) is 0 Å². The summed E-state index contributed by atoms with van der Waals surface area (Å²) in [4.78, 5) is 0. The van der Waals surface area contributed by atoms with E-state index in [1.54, 1.807) is 0 Å². The monoisotopic (exact) mass is 218 g/mol. The van der Waals surface area contributed by atoms with Gasteiger partial charge in [0.25, 0.3) is 0 Å². The minimum Gasteiger partial charge on any atom is -0.829 e. The molecule has 5 nitrogen and oxygen atoms in total. The number of hydrogen-bond acceptors (Lipinski definition) is 5. The van der Waals surface area contributed by atoms with Crippen LogP contribution in [-0.2, 0) is 9.47 Å². The molecule has 0 radical (unpaired) electrons. The average Bonchev–Trinajstić information content (AvgIpc) is 2.41. The lowest BCUT2D eigenvalue weighted by atomic mass is 10.2. The fourth-order valence-corrected chi connectivity index (χ4v) is 1.84. The second kappa shape index (κ2) is 5.23. The zero-order valence-electron chi connectivity index (χ0n) is 9.31. The highest BCUT2D eigenvalue weighted by molar-refractivity contribution is 4.88. The summed E-state index contributed by atoms with van der Waals surface area (Å²) in [7, 11) is 0. The van der Waals surface area contributed by atoms with Crippen molar-refractivity contribution in [2.75, 3.05) is 13.2 Å². The van der Waals surface area contributed by atoms with Gasteiger partial charge < -0.3 is 25.4 Å². The summed E-state index contributed by atoms with van der Waals surface area (Å²) in [6.45, 7) is 3.26. The quantitative estimate of drug-likeness (QED) is 0.576. The van der Waals surface area contributed by atoms with Gasteiger partial charge in [-0.15, -0.1) is 0 Å². The molecule has 1 aliphatic carbocycles. The Balaban J connectivity index is 2.35. The number of aliphatic hydroxyl groups excluding tert-OH is 1. The molecule has 3 N–H and O–H groups in total. The average molecular weight is 218 g/mol. The molecule has 0 saturated heterocycles. The van der Waals surface area contributed by atoms with Crippen LogP contribution in [0.25, 0.3) is 0 Å². The SMILES string of the molecule is CC(C)([O-])O[C@@H]1C[C@@H](OCCO)C[C@H]1N. The van der Waals surface area contributed by atoms with Gasteiger partial charge in [0.2, 0.25) is 0 Å². The minimum absolute atomic E-state index is 0.000463. The van der Waals surface area contributed by atoms with E-state index in [2.05, 4.69) is 0 Å². The highest BCUT2D eigenvalue weighted by atomic mass is 16.6. The van der Waals surface area contributed by atoms with Crippen LogP contribution in [0.1, 0.15) is 26.7 Å². The fraction of sp³-hybridized carbons (Fsp3) is 1.00. The Morgan fingerprint density at radius 1 is 1.47 bits per heavy atom. The van der Waals surface area contributed by atoms with Crippen LogP contribution >= 0.6 is 0 Å². The van der Waals surface area contributed by atoms with E-state index in [0.29, 0.717) is 19.4 Å². The van der Waals surface area contributed by atoms with Crippen LogP contribution in [0, 0.1) is 0 Å². The number of aliphatic hydroxyl groups is 1. The van der Waals surface area contributed by atoms with Crippen molar-refractivity contribution in [1.29, 1.82) is 0 Å². The zero-order valence-corrected chi connectivity index (χ0v) is 9.31. The Bertz CT molecular complexity index is 192. The number of hydrogen-bond donors (Lipinski definition) is 2. The van der Waals surface area contributed by atoms with Crippen LogP contribution in [0.5, 0.6) is 0 Å². The second-order valence-electron chi connectivity index (χ2n) is 4.41. The van der Waals surface area contributed by atoms with E-state index >= 15 is 0 Å². The van der Waals surface area contributed by atoms with Gasteiger partial charge in [-0.1, -0.05) is 13.8 Å². The van der Waals surface area contributed by atoms with Crippen LogP contribution in [0.2, 0.25) is 0 Å². The third-order valence-electron chi connectivity index (χ3n) is 2.39. The van der Waals surface area contributed by atoms with Crippen molar-refractivity contribution < 1.29 is 19.7 Å². The van der Waals surface area contributed by atoms with E-state index in [9.17, 15) is 5.11 Å². The molecular weight excluding hydrogens is 198 g/mol. The molecular formula is C10H20NO4-. The topological polar surface area (TPSA) is 87.8 Å². The summed E-state index contributed by atoms with van der Waals surface area (Å²) in [5.74, 6) is -1.41. The maximum Gasteiger partial charge on any atom is 0.0740 e. The normalized spacial score (nSPS) is 32.2. The van der Waals surface area contributed by atoms with E-state index in [4.69, 9.17) is 20.3 Å². The molecule has 0 bridgehead atoms. The van der Waals surface area contributed by atoms with Crippen LogP contribution in [0.4, 0.5) is 0 Å². The third kappa shape index (κ3) is 4.44. The molecule has 90 valence electrons. The van der Waals surface area contributed by atoms with Gasteiger partial charge in [-0.3, -0.25) is 0 Å². The van der Waals surface area contributed by atoms with Crippen LogP contribution in [-0.4, -0.2) is 42.4 Å². The summed E-state index contributed by atoms with van der Waals surface area (Å²) in [6.07, 6.45) is 1.08. The molecule has 5 heteroatoms. The van der Waals surface area contributed by atoms with Gasteiger partial charge in [0, 0.05) is 12.5 Å². The Morgan fingerprint density at radius 3 is 2.67 bits per heavy atom. The van der Waals surface area contributed by atoms with Crippen molar-refractivity contribution >= 4 is 0 Å². The molecule has 1 saturated carbocycles. The Labute approximate surface area is 90.2 Å². The van der Waals surface area contributed by atoms with E-state index in [-0.39, 0.29) is 24.9 Å². The van der Waals surface area contributed by atoms with E-state index < -0.39 is 5.79 Å². The molecule has 0 amide bonds. The molecule has 1 aliphatic rings. The Hall–Kier alpha value is -0.200. The molecule has 1 fully saturated rings. The molecule has 15 heavy (non-hydrogen) atoms. The lowest BCUT2D eigenvalue weighted by Crippen LogP contribution is -2.46. The molecule has 0 spiro atoms. The van der Waals surface area contributed by atoms with Crippen molar-refractivity contribution in [2.24, 2.45) is 5.73 Å². The molecule has 3 atom stereocenters. The molecule has 0 heterocycles. The largest absolute Gasteiger partial charge is 0.829 e. The first-order chi connectivity index (χ1) is 6.92. The Morgan fingerprint density at radius 2 is 2.13 bits per heavy atom. The van der Waals surface area contributed by atoms with Gasteiger partial charge in [-0.05, 0) is 12.2 Å². The highest BCUT2D eigenvalue weighted by Crippen LogP contribution is 2.26. The lowest BCUT2D eigenvalue weighted by molar-refractivity contribution is -0.548. The molecule has 0 aromatic heterocycles. The van der Waals surface area contributed by atoms with E-state index in [0.717, 1.165) is 0 Å². The van der Waals surface area contributed by atoms with Gasteiger partial charge >= 0.3 is 0 Å². The first-order valence-corrected chi connectivity index (χ1v) is 5.28. The van der Waals surface area contributed by atoms with Gasteiger partial charge in [-0.25, -0.2) is 0 Å². The summed E-state index contributed by atoms with van der Waals surface area (Å²) in [5, 5.41) is 20.0.